The van der Waals surface area contributed by atoms with E-state index in [2.05, 4.69) is 11.0 Å². The Morgan fingerprint density at radius 3 is 2.79 bits per heavy atom. The van der Waals surface area contributed by atoms with Crippen LogP contribution in [-0.4, -0.2) is 23.5 Å². The van der Waals surface area contributed by atoms with Gasteiger partial charge in [-0.2, -0.15) is 5.10 Å². The first-order valence-corrected chi connectivity index (χ1v) is 5.69. The number of benzene rings is 1. The molecule has 2 N–H and O–H groups in total. The van der Waals surface area contributed by atoms with Gasteiger partial charge in [0.2, 0.25) is 0 Å². The lowest BCUT2D eigenvalue weighted by atomic mass is 10.1. The van der Waals surface area contributed by atoms with E-state index in [4.69, 9.17) is 21.6 Å². The molecule has 0 unspecified atom stereocenters. The second kappa shape index (κ2) is 5.36. The number of anilines is 1. The number of aromatic nitrogens is 2. The molecule has 0 saturated carbocycles. The average molecular weight is 257 g/mol. The summed E-state index contributed by atoms with van der Waals surface area (Å²) in [5, 5.41) is 4.11. The van der Waals surface area contributed by atoms with Gasteiger partial charge < -0.3 is 15.2 Å². The standard InChI is InChI=1S/C14H15N3O2/c1-4-7-19-12-6-5-10(8-13(12)18-3)11-9-16-17(2)14(11)15/h1,5-6,8-9H,7,15H2,2-3H3. The van der Waals surface area contributed by atoms with Crippen molar-refractivity contribution in [2.75, 3.05) is 19.5 Å². The molecule has 2 rings (SSSR count). The van der Waals surface area contributed by atoms with E-state index in [1.807, 2.05) is 12.1 Å². The minimum atomic E-state index is 0.199. The molecule has 0 bridgehead atoms. The van der Waals surface area contributed by atoms with Crippen LogP contribution in [0.5, 0.6) is 11.5 Å². The molecule has 19 heavy (non-hydrogen) atoms. The maximum atomic E-state index is 5.95. The number of ether oxygens (including phenoxy) is 2. The Balaban J connectivity index is 2.39. The van der Waals surface area contributed by atoms with Gasteiger partial charge in [-0.15, -0.1) is 6.42 Å². The van der Waals surface area contributed by atoms with Crippen molar-refractivity contribution < 1.29 is 9.47 Å². The number of hydrogen-bond donors (Lipinski definition) is 1. The summed E-state index contributed by atoms with van der Waals surface area (Å²) in [4.78, 5) is 0. The molecule has 2 aromatic rings. The molecule has 0 amide bonds. The maximum absolute atomic E-state index is 5.95. The molecular formula is C14H15N3O2. The van der Waals surface area contributed by atoms with Crippen molar-refractivity contribution in [3.8, 4) is 35.0 Å². The van der Waals surface area contributed by atoms with Gasteiger partial charge in [0, 0.05) is 12.6 Å². The van der Waals surface area contributed by atoms with Gasteiger partial charge in [0.1, 0.15) is 12.4 Å². The molecule has 0 atom stereocenters. The fourth-order valence-corrected chi connectivity index (χ4v) is 1.74. The lowest BCUT2D eigenvalue weighted by molar-refractivity contribution is 0.331. The van der Waals surface area contributed by atoms with Crippen LogP contribution in [0.4, 0.5) is 5.82 Å². The normalized spacial score (nSPS) is 9.95. The van der Waals surface area contributed by atoms with Gasteiger partial charge in [0.25, 0.3) is 0 Å². The zero-order chi connectivity index (χ0) is 13.8. The summed E-state index contributed by atoms with van der Waals surface area (Å²) in [6.45, 7) is 0.199. The Morgan fingerprint density at radius 1 is 1.42 bits per heavy atom. The number of nitrogens with two attached hydrogens (primary N) is 1. The van der Waals surface area contributed by atoms with Crippen LogP contribution in [0.25, 0.3) is 11.1 Å². The highest BCUT2D eigenvalue weighted by Gasteiger charge is 2.11. The Morgan fingerprint density at radius 2 is 2.21 bits per heavy atom. The van der Waals surface area contributed by atoms with E-state index in [-0.39, 0.29) is 6.61 Å². The fourth-order valence-electron chi connectivity index (χ4n) is 1.74. The maximum Gasteiger partial charge on any atom is 0.162 e. The predicted octanol–water partition coefficient (Wildman–Crippen LogP) is 1.69. The molecule has 0 fully saturated rings. The van der Waals surface area contributed by atoms with Crippen molar-refractivity contribution in [1.29, 1.82) is 0 Å². The average Bonchev–Trinajstić information content (AvgIpc) is 2.76. The number of terminal acetylenes is 1. The van der Waals surface area contributed by atoms with Crippen molar-refractivity contribution in [3.05, 3.63) is 24.4 Å². The third-order valence-corrected chi connectivity index (χ3v) is 2.77. The Labute approximate surface area is 111 Å². The smallest absolute Gasteiger partial charge is 0.162 e. The number of rotatable bonds is 4. The zero-order valence-electron chi connectivity index (χ0n) is 10.9. The number of nitrogen functional groups attached to an aromatic ring is 1. The minimum Gasteiger partial charge on any atom is -0.493 e. The first-order valence-electron chi connectivity index (χ1n) is 5.69. The lowest BCUT2D eigenvalue weighted by Crippen LogP contribution is -1.99. The minimum absolute atomic E-state index is 0.199. The lowest BCUT2D eigenvalue weighted by Gasteiger charge is -2.10. The third kappa shape index (κ3) is 2.47. The molecule has 0 saturated heterocycles. The summed E-state index contributed by atoms with van der Waals surface area (Å²) in [6, 6.07) is 5.54. The SMILES string of the molecule is C#CCOc1ccc(-c2cnn(C)c2N)cc1OC. The van der Waals surface area contributed by atoms with Crippen LogP contribution in [0.15, 0.2) is 24.4 Å². The van der Waals surface area contributed by atoms with Crippen LogP contribution < -0.4 is 15.2 Å². The van der Waals surface area contributed by atoms with Crippen LogP contribution in [-0.2, 0) is 7.05 Å². The number of methoxy groups -OCH3 is 1. The highest BCUT2D eigenvalue weighted by Crippen LogP contribution is 2.34. The van der Waals surface area contributed by atoms with E-state index >= 15 is 0 Å². The first-order chi connectivity index (χ1) is 9.17. The van der Waals surface area contributed by atoms with Gasteiger partial charge in [-0.3, -0.25) is 4.68 Å². The van der Waals surface area contributed by atoms with Gasteiger partial charge >= 0.3 is 0 Å². The molecule has 5 heteroatoms. The second-order valence-corrected chi connectivity index (χ2v) is 3.93. The van der Waals surface area contributed by atoms with Crippen LogP contribution in [0.1, 0.15) is 0 Å². The monoisotopic (exact) mass is 257 g/mol. The molecule has 0 radical (unpaired) electrons. The van der Waals surface area contributed by atoms with Gasteiger partial charge in [-0.1, -0.05) is 12.0 Å². The fraction of sp³-hybridized carbons (Fsp3) is 0.214. The summed E-state index contributed by atoms with van der Waals surface area (Å²) in [5.41, 5.74) is 7.71. The Bertz CT molecular complexity index is 626. The molecule has 0 aliphatic rings. The number of hydrogen-bond acceptors (Lipinski definition) is 4. The van der Waals surface area contributed by atoms with Crippen molar-refractivity contribution >= 4 is 5.82 Å². The third-order valence-electron chi connectivity index (χ3n) is 2.77. The van der Waals surface area contributed by atoms with Crippen LogP contribution in [0, 0.1) is 12.3 Å². The van der Waals surface area contributed by atoms with Crippen molar-refractivity contribution in [2.45, 2.75) is 0 Å². The van der Waals surface area contributed by atoms with E-state index < -0.39 is 0 Å². The van der Waals surface area contributed by atoms with Crippen LogP contribution >= 0.6 is 0 Å². The summed E-state index contributed by atoms with van der Waals surface area (Å²) in [7, 11) is 3.37. The van der Waals surface area contributed by atoms with E-state index in [9.17, 15) is 0 Å². The first kappa shape index (κ1) is 12.8. The second-order valence-electron chi connectivity index (χ2n) is 3.93. The van der Waals surface area contributed by atoms with E-state index in [1.54, 1.807) is 31.1 Å². The summed E-state index contributed by atoms with van der Waals surface area (Å²) >= 11 is 0. The van der Waals surface area contributed by atoms with Gasteiger partial charge in [0.15, 0.2) is 11.5 Å². The van der Waals surface area contributed by atoms with Gasteiger partial charge in [-0.05, 0) is 17.7 Å². The zero-order valence-corrected chi connectivity index (χ0v) is 10.9. The van der Waals surface area contributed by atoms with Gasteiger partial charge in [-0.25, -0.2) is 0 Å². The topological polar surface area (TPSA) is 62.3 Å². The molecule has 98 valence electrons. The Hall–Kier alpha value is -2.61. The molecule has 0 aliphatic carbocycles. The summed E-state index contributed by atoms with van der Waals surface area (Å²) in [5.74, 6) is 4.22. The van der Waals surface area contributed by atoms with Crippen LogP contribution in [0.3, 0.4) is 0 Å². The molecular weight excluding hydrogens is 242 g/mol. The molecule has 0 aliphatic heterocycles. The van der Waals surface area contributed by atoms with Crippen molar-refractivity contribution in [1.82, 2.24) is 9.78 Å². The number of aryl methyl sites for hydroxylation is 1. The van der Waals surface area contributed by atoms with E-state index in [1.165, 1.54) is 0 Å². The summed E-state index contributed by atoms with van der Waals surface area (Å²) < 4.78 is 12.3. The van der Waals surface area contributed by atoms with E-state index in [0.717, 1.165) is 11.1 Å². The largest absolute Gasteiger partial charge is 0.493 e. The van der Waals surface area contributed by atoms with Crippen molar-refractivity contribution in [3.63, 3.8) is 0 Å². The molecule has 1 aromatic carbocycles. The molecule has 1 aromatic heterocycles. The number of nitrogens with zero attached hydrogens (tertiary/aromatic N) is 2. The molecule has 1 heterocycles. The quantitative estimate of drug-likeness (QED) is 0.847. The van der Waals surface area contributed by atoms with Gasteiger partial charge in [0.05, 0.1) is 13.3 Å². The molecule has 0 spiro atoms. The highest BCUT2D eigenvalue weighted by atomic mass is 16.5. The predicted molar refractivity (Wildman–Crippen MR) is 73.9 cm³/mol. The molecule has 5 nitrogen and oxygen atoms in total. The Kier molecular flexibility index (Phi) is 3.62. The highest BCUT2D eigenvalue weighted by molar-refractivity contribution is 5.75. The van der Waals surface area contributed by atoms with E-state index in [0.29, 0.717) is 17.3 Å². The van der Waals surface area contributed by atoms with Crippen molar-refractivity contribution in [2.24, 2.45) is 7.05 Å². The summed E-state index contributed by atoms with van der Waals surface area (Å²) in [6.07, 6.45) is 6.88. The van der Waals surface area contributed by atoms with Crippen LogP contribution in [0.2, 0.25) is 0 Å².